The molecule has 2 aliphatic rings. The highest BCUT2D eigenvalue weighted by Gasteiger charge is 2.62. The van der Waals surface area contributed by atoms with Gasteiger partial charge in [0.25, 0.3) is 5.60 Å². The summed E-state index contributed by atoms with van der Waals surface area (Å²) < 4.78 is 61.8. The number of rotatable bonds is 4. The molecule has 1 aliphatic carbocycles. The van der Waals surface area contributed by atoms with Crippen LogP contribution in [0, 0.1) is 5.82 Å². The Morgan fingerprint density at radius 2 is 1.81 bits per heavy atom. The van der Waals surface area contributed by atoms with Gasteiger partial charge in [-0.15, -0.1) is 0 Å². The first-order chi connectivity index (χ1) is 17.6. The Morgan fingerprint density at radius 1 is 1.11 bits per heavy atom. The zero-order chi connectivity index (χ0) is 26.4. The van der Waals surface area contributed by atoms with Gasteiger partial charge in [-0.25, -0.2) is 14.2 Å². The van der Waals surface area contributed by atoms with E-state index in [2.05, 4.69) is 15.5 Å². The van der Waals surface area contributed by atoms with Crippen LogP contribution in [0.2, 0.25) is 10.0 Å². The predicted molar refractivity (Wildman–Crippen MR) is 131 cm³/mol. The van der Waals surface area contributed by atoms with E-state index in [9.17, 15) is 22.4 Å². The van der Waals surface area contributed by atoms with Crippen molar-refractivity contribution in [1.82, 2.24) is 4.98 Å². The maximum Gasteiger partial charge on any atom is 0.435 e. The van der Waals surface area contributed by atoms with Gasteiger partial charge in [0.15, 0.2) is 5.06 Å². The topological polar surface area (TPSA) is 72.8 Å². The highest BCUT2D eigenvalue weighted by Crippen LogP contribution is 2.51. The quantitative estimate of drug-likeness (QED) is 0.325. The van der Waals surface area contributed by atoms with E-state index < -0.39 is 30.1 Å². The van der Waals surface area contributed by atoms with Crippen LogP contribution in [0.15, 0.2) is 41.7 Å². The number of ether oxygens (including phenoxy) is 1. The lowest BCUT2D eigenvalue weighted by molar-refractivity contribution is -0.275. The third kappa shape index (κ3) is 4.99. The number of thiophene rings is 1. The summed E-state index contributed by atoms with van der Waals surface area (Å²) in [6, 6.07) is 6.05. The predicted octanol–water partition coefficient (Wildman–Crippen LogP) is 7.66. The third-order valence-corrected chi connectivity index (χ3v) is 7.74. The maximum absolute atomic E-state index is 14.4. The minimum Gasteiger partial charge on any atom is -0.399 e. The van der Waals surface area contributed by atoms with Crippen LogP contribution in [-0.4, -0.2) is 23.0 Å². The van der Waals surface area contributed by atoms with E-state index in [0.29, 0.717) is 17.7 Å². The number of carbonyl (C=O) groups is 1. The summed E-state index contributed by atoms with van der Waals surface area (Å²) in [5.41, 5.74) is -1.42. The Labute approximate surface area is 222 Å². The molecule has 0 saturated heterocycles. The van der Waals surface area contributed by atoms with Crippen molar-refractivity contribution in [3.05, 3.63) is 74.0 Å². The molecule has 1 N–H and O–H groups in total. The van der Waals surface area contributed by atoms with E-state index in [1.165, 1.54) is 12.1 Å². The first-order valence-corrected chi connectivity index (χ1v) is 12.7. The van der Waals surface area contributed by atoms with Crippen molar-refractivity contribution in [1.29, 1.82) is 0 Å². The molecular weight excluding hydrogens is 557 g/mol. The smallest absolute Gasteiger partial charge is 0.399 e. The van der Waals surface area contributed by atoms with E-state index in [4.69, 9.17) is 32.8 Å². The second-order valence-corrected chi connectivity index (χ2v) is 10.4. The number of oxime groups is 1. The minimum atomic E-state index is -4.83. The number of aromatic nitrogens is 1. The van der Waals surface area contributed by atoms with Gasteiger partial charge in [0.1, 0.15) is 17.3 Å². The molecule has 3 heterocycles. The van der Waals surface area contributed by atoms with Gasteiger partial charge in [0.05, 0.1) is 17.5 Å². The molecule has 13 heteroatoms. The van der Waals surface area contributed by atoms with Gasteiger partial charge < -0.3 is 9.57 Å². The molecule has 5 rings (SSSR count). The summed E-state index contributed by atoms with van der Waals surface area (Å²) in [7, 11) is 0. The molecular formula is C24H17Cl2F4N3O3S. The molecule has 0 bridgehead atoms. The molecule has 1 unspecified atom stereocenters. The molecule has 1 aromatic carbocycles. The summed E-state index contributed by atoms with van der Waals surface area (Å²) in [6.45, 7) is 0. The van der Waals surface area contributed by atoms with Gasteiger partial charge in [-0.2, -0.15) is 13.2 Å². The van der Waals surface area contributed by atoms with Crippen LogP contribution in [0.25, 0.3) is 0 Å². The van der Waals surface area contributed by atoms with E-state index in [1.54, 1.807) is 0 Å². The third-order valence-electron chi connectivity index (χ3n) is 6.10. The summed E-state index contributed by atoms with van der Waals surface area (Å²) in [5, 5.41) is 6.59. The maximum atomic E-state index is 14.4. The second-order valence-electron chi connectivity index (χ2n) is 8.55. The summed E-state index contributed by atoms with van der Waals surface area (Å²) in [5.74, 6) is -0.480. The van der Waals surface area contributed by atoms with Crippen LogP contribution in [-0.2, 0) is 23.3 Å². The molecule has 0 spiro atoms. The first kappa shape index (κ1) is 25.7. The fourth-order valence-corrected chi connectivity index (χ4v) is 6.14. The number of hydrogen-bond donors (Lipinski definition) is 1. The van der Waals surface area contributed by atoms with Crippen molar-refractivity contribution in [2.75, 3.05) is 5.32 Å². The van der Waals surface area contributed by atoms with Crippen molar-refractivity contribution < 1.29 is 31.9 Å². The standard InChI is InChI=1S/C24H17Cl2F4N3O3S/c25-13-7-12(8-14(26)9-13)23(24(28,29)30)10-18(33-36-23)20-16-3-1-2-4-17(16)21(37-20)35-22(34)32-19-6-5-15(27)11-31-19/h5-9,11H,1-4,10H2,(H,31,32,34). The normalized spacial score (nSPS) is 19.1. The molecule has 194 valence electrons. The van der Waals surface area contributed by atoms with Crippen LogP contribution in [0.1, 0.15) is 40.8 Å². The molecule has 37 heavy (non-hydrogen) atoms. The van der Waals surface area contributed by atoms with Crippen molar-refractivity contribution >= 4 is 52.2 Å². The molecule has 0 radical (unpaired) electrons. The Morgan fingerprint density at radius 3 is 2.46 bits per heavy atom. The second kappa shape index (κ2) is 9.77. The molecule has 6 nitrogen and oxygen atoms in total. The Kier molecular flexibility index (Phi) is 6.80. The first-order valence-electron chi connectivity index (χ1n) is 11.1. The number of carbonyl (C=O) groups excluding carboxylic acids is 1. The van der Waals surface area contributed by atoms with Gasteiger partial charge in [0, 0.05) is 21.2 Å². The number of halogens is 6. The molecule has 0 fully saturated rings. The number of nitrogens with one attached hydrogen (secondary N) is 1. The fraction of sp³-hybridized carbons (Fsp3) is 0.292. The molecule has 3 aromatic rings. The number of anilines is 1. The number of benzene rings is 1. The molecule has 1 aliphatic heterocycles. The van der Waals surface area contributed by atoms with Crippen LogP contribution in [0.3, 0.4) is 0 Å². The number of nitrogens with zero attached hydrogens (tertiary/aromatic N) is 2. The Balaban J connectivity index is 1.45. The number of amides is 1. The van der Waals surface area contributed by atoms with Crippen LogP contribution in [0.4, 0.5) is 28.2 Å². The van der Waals surface area contributed by atoms with Gasteiger partial charge in [-0.3, -0.25) is 5.32 Å². The zero-order valence-corrected chi connectivity index (χ0v) is 21.1. The van der Waals surface area contributed by atoms with Gasteiger partial charge in [-0.1, -0.05) is 39.7 Å². The van der Waals surface area contributed by atoms with Crippen LogP contribution >= 0.6 is 34.5 Å². The van der Waals surface area contributed by atoms with E-state index in [0.717, 1.165) is 59.7 Å². The summed E-state index contributed by atoms with van der Waals surface area (Å²) >= 11 is 13.0. The van der Waals surface area contributed by atoms with Gasteiger partial charge in [0.2, 0.25) is 0 Å². The monoisotopic (exact) mass is 573 g/mol. The molecule has 0 saturated carbocycles. The number of alkyl halides is 3. The summed E-state index contributed by atoms with van der Waals surface area (Å²) in [4.78, 5) is 21.8. The average molecular weight is 574 g/mol. The van der Waals surface area contributed by atoms with E-state index >= 15 is 0 Å². The summed E-state index contributed by atoms with van der Waals surface area (Å²) in [6.07, 6.45) is -2.52. The lowest BCUT2D eigenvalue weighted by Crippen LogP contribution is -2.42. The molecule has 1 amide bonds. The highest BCUT2D eigenvalue weighted by atomic mass is 35.5. The van der Waals surface area contributed by atoms with E-state index in [1.807, 2.05) is 0 Å². The zero-order valence-electron chi connectivity index (χ0n) is 18.8. The molecule has 2 aromatic heterocycles. The van der Waals surface area contributed by atoms with Crippen molar-refractivity contribution in [3.63, 3.8) is 0 Å². The highest BCUT2D eigenvalue weighted by molar-refractivity contribution is 7.16. The number of fused-ring (bicyclic) bond motifs is 1. The minimum absolute atomic E-state index is 0.0361. The van der Waals surface area contributed by atoms with Crippen molar-refractivity contribution in [3.8, 4) is 5.06 Å². The molecule has 1 atom stereocenters. The SMILES string of the molecule is O=C(Nc1ccc(F)cn1)Oc1sc(C2=NOC(c3cc(Cl)cc(Cl)c3)(C(F)(F)F)C2)c2c1CCCC2. The largest absolute Gasteiger partial charge is 0.435 e. The number of hydrogen-bond acceptors (Lipinski definition) is 6. The fourth-order valence-electron chi connectivity index (χ4n) is 4.39. The lowest BCUT2D eigenvalue weighted by Gasteiger charge is -2.29. The number of pyridine rings is 1. The Hall–Kier alpha value is -2.89. The van der Waals surface area contributed by atoms with Gasteiger partial charge in [-0.05, 0) is 61.6 Å². The van der Waals surface area contributed by atoms with Crippen LogP contribution in [0.5, 0.6) is 5.06 Å². The average Bonchev–Trinajstić information content (AvgIpc) is 3.43. The van der Waals surface area contributed by atoms with Gasteiger partial charge >= 0.3 is 12.3 Å². The van der Waals surface area contributed by atoms with E-state index in [-0.39, 0.29) is 32.2 Å². The lowest BCUT2D eigenvalue weighted by atomic mass is 9.86. The van der Waals surface area contributed by atoms with Crippen LogP contribution < -0.4 is 10.1 Å². The van der Waals surface area contributed by atoms with Crippen molar-refractivity contribution in [2.45, 2.75) is 43.9 Å². The van der Waals surface area contributed by atoms with Crippen molar-refractivity contribution in [2.24, 2.45) is 5.16 Å². The Bertz CT molecular complexity index is 1370.